The highest BCUT2D eigenvalue weighted by Crippen LogP contribution is 2.43. The number of halogens is 2. The quantitative estimate of drug-likeness (QED) is 0.201. The number of rotatable bonds is 4. The lowest BCUT2D eigenvalue weighted by molar-refractivity contribution is -0.384. The van der Waals surface area contributed by atoms with Gasteiger partial charge in [0.1, 0.15) is 23.1 Å². The Morgan fingerprint density at radius 1 is 1.00 bits per heavy atom. The van der Waals surface area contributed by atoms with Crippen molar-refractivity contribution < 1.29 is 33.5 Å². The van der Waals surface area contributed by atoms with Gasteiger partial charge in [-0.1, -0.05) is 24.3 Å². The van der Waals surface area contributed by atoms with Crippen molar-refractivity contribution >= 4 is 28.8 Å². The number of phenolic OH excluding ortho intramolecular Hbond substituents is 1. The summed E-state index contributed by atoms with van der Waals surface area (Å²) >= 11 is 0. The Bertz CT molecular complexity index is 1340. The standard InChI is InChI=1S/C23H14F2N2O6/c24-14-6-9-18(17(25)11-14)26-20(12-4-7-16(28)8-5-12)19(22(30)23(26)31)21(29)13-2-1-3-15(10-13)27(32)33/h1-11,20,28-29H/b21-19+. The van der Waals surface area contributed by atoms with E-state index in [1.807, 2.05) is 0 Å². The van der Waals surface area contributed by atoms with Crippen LogP contribution in [0.25, 0.3) is 5.76 Å². The predicted molar refractivity (Wildman–Crippen MR) is 112 cm³/mol. The largest absolute Gasteiger partial charge is 0.508 e. The fourth-order valence-electron chi connectivity index (χ4n) is 3.65. The number of nitro benzene ring substituents is 1. The molecule has 1 atom stereocenters. The number of aliphatic hydroxyl groups excluding tert-OH is 1. The molecular weight excluding hydrogens is 438 g/mol. The van der Waals surface area contributed by atoms with Gasteiger partial charge in [0, 0.05) is 23.8 Å². The van der Waals surface area contributed by atoms with Gasteiger partial charge in [-0.15, -0.1) is 0 Å². The minimum atomic E-state index is -1.36. The van der Waals surface area contributed by atoms with Crippen molar-refractivity contribution in [3.63, 3.8) is 0 Å². The molecule has 1 unspecified atom stereocenters. The normalized spacial score (nSPS) is 17.4. The summed E-state index contributed by atoms with van der Waals surface area (Å²) in [5.74, 6) is -5.20. The molecule has 4 rings (SSSR count). The molecule has 1 heterocycles. The molecule has 1 aliphatic rings. The number of hydrogen-bond acceptors (Lipinski definition) is 6. The number of benzene rings is 3. The molecule has 0 radical (unpaired) electrons. The first kappa shape index (κ1) is 21.6. The van der Waals surface area contributed by atoms with E-state index in [2.05, 4.69) is 0 Å². The van der Waals surface area contributed by atoms with Crippen molar-refractivity contribution in [2.45, 2.75) is 6.04 Å². The van der Waals surface area contributed by atoms with E-state index in [4.69, 9.17) is 0 Å². The van der Waals surface area contributed by atoms with Crippen molar-refractivity contribution in [2.24, 2.45) is 0 Å². The number of nitro groups is 1. The second kappa shape index (κ2) is 8.15. The number of phenols is 1. The van der Waals surface area contributed by atoms with Gasteiger partial charge in [0.05, 0.1) is 22.2 Å². The lowest BCUT2D eigenvalue weighted by Crippen LogP contribution is -2.30. The zero-order valence-electron chi connectivity index (χ0n) is 16.6. The highest BCUT2D eigenvalue weighted by atomic mass is 19.1. The summed E-state index contributed by atoms with van der Waals surface area (Å²) in [6.07, 6.45) is 0. The van der Waals surface area contributed by atoms with E-state index in [0.717, 1.165) is 23.1 Å². The molecule has 33 heavy (non-hydrogen) atoms. The number of ketones is 1. The van der Waals surface area contributed by atoms with Crippen LogP contribution in [-0.2, 0) is 9.59 Å². The first-order valence-corrected chi connectivity index (χ1v) is 9.49. The number of amides is 1. The average molecular weight is 452 g/mol. The molecule has 166 valence electrons. The molecule has 2 N–H and O–H groups in total. The number of hydrogen-bond donors (Lipinski definition) is 2. The van der Waals surface area contributed by atoms with Gasteiger partial charge in [0.2, 0.25) is 0 Å². The second-order valence-corrected chi connectivity index (χ2v) is 7.16. The van der Waals surface area contributed by atoms with Gasteiger partial charge in [-0.05, 0) is 29.8 Å². The highest BCUT2D eigenvalue weighted by Gasteiger charge is 2.47. The van der Waals surface area contributed by atoms with Crippen LogP contribution >= 0.6 is 0 Å². The number of aromatic hydroxyl groups is 1. The summed E-state index contributed by atoms with van der Waals surface area (Å²) in [5, 5.41) is 31.7. The van der Waals surface area contributed by atoms with Crippen molar-refractivity contribution in [3.8, 4) is 5.75 Å². The zero-order chi connectivity index (χ0) is 23.9. The molecule has 1 amide bonds. The molecule has 8 nitrogen and oxygen atoms in total. The zero-order valence-corrected chi connectivity index (χ0v) is 16.6. The first-order valence-electron chi connectivity index (χ1n) is 9.49. The van der Waals surface area contributed by atoms with E-state index in [9.17, 15) is 38.7 Å². The van der Waals surface area contributed by atoms with Crippen molar-refractivity contribution in [2.75, 3.05) is 4.90 Å². The first-order chi connectivity index (χ1) is 15.7. The number of carbonyl (C=O) groups excluding carboxylic acids is 2. The van der Waals surface area contributed by atoms with E-state index in [0.29, 0.717) is 6.07 Å². The molecule has 1 saturated heterocycles. The average Bonchev–Trinajstić information content (AvgIpc) is 3.04. The monoisotopic (exact) mass is 452 g/mol. The van der Waals surface area contributed by atoms with Gasteiger partial charge >= 0.3 is 0 Å². The lowest BCUT2D eigenvalue weighted by atomic mass is 9.95. The Morgan fingerprint density at radius 3 is 2.33 bits per heavy atom. The fourth-order valence-corrected chi connectivity index (χ4v) is 3.65. The number of aliphatic hydroxyl groups is 1. The second-order valence-electron chi connectivity index (χ2n) is 7.16. The molecular formula is C23H14F2N2O6. The minimum absolute atomic E-state index is 0.106. The van der Waals surface area contributed by atoms with Crippen LogP contribution in [-0.4, -0.2) is 26.8 Å². The van der Waals surface area contributed by atoms with E-state index < -0.39 is 51.3 Å². The number of carbonyl (C=O) groups is 2. The summed E-state index contributed by atoms with van der Waals surface area (Å²) in [7, 11) is 0. The lowest BCUT2D eigenvalue weighted by Gasteiger charge is -2.25. The van der Waals surface area contributed by atoms with Gasteiger partial charge in [0.25, 0.3) is 17.4 Å². The van der Waals surface area contributed by atoms with E-state index >= 15 is 0 Å². The third-order valence-corrected chi connectivity index (χ3v) is 5.15. The topological polar surface area (TPSA) is 121 Å². The molecule has 3 aromatic carbocycles. The minimum Gasteiger partial charge on any atom is -0.508 e. The van der Waals surface area contributed by atoms with Gasteiger partial charge in [-0.2, -0.15) is 0 Å². The van der Waals surface area contributed by atoms with Crippen LogP contribution < -0.4 is 4.90 Å². The summed E-state index contributed by atoms with van der Waals surface area (Å²) in [6.45, 7) is 0. The molecule has 10 heteroatoms. The van der Waals surface area contributed by atoms with Crippen LogP contribution in [0.3, 0.4) is 0 Å². The number of non-ortho nitro benzene ring substituents is 1. The molecule has 0 saturated carbocycles. The van der Waals surface area contributed by atoms with Crippen molar-refractivity contribution in [3.05, 3.63) is 105 Å². The summed E-state index contributed by atoms with van der Waals surface area (Å²) in [4.78, 5) is 37.1. The SMILES string of the molecule is O=C1C(=O)N(c2ccc(F)cc2F)C(c2ccc(O)cc2)/C1=C(\O)c1cccc([N+](=O)[O-])c1. The predicted octanol–water partition coefficient (Wildman–Crippen LogP) is 4.20. The van der Waals surface area contributed by atoms with Crippen molar-refractivity contribution in [1.29, 1.82) is 0 Å². The maximum Gasteiger partial charge on any atom is 0.300 e. The van der Waals surface area contributed by atoms with E-state index in [-0.39, 0.29) is 22.6 Å². The van der Waals surface area contributed by atoms with Gasteiger partial charge in [0.15, 0.2) is 0 Å². The fraction of sp³-hybridized carbons (Fsp3) is 0.0435. The number of nitrogens with zero attached hydrogens (tertiary/aromatic N) is 2. The molecule has 0 spiro atoms. The Kier molecular flexibility index (Phi) is 5.34. The van der Waals surface area contributed by atoms with Crippen LogP contribution in [0.5, 0.6) is 5.75 Å². The Labute approximate surface area is 184 Å². The van der Waals surface area contributed by atoms with Crippen LogP contribution in [0, 0.1) is 21.7 Å². The van der Waals surface area contributed by atoms with E-state index in [1.165, 1.54) is 42.5 Å². The van der Waals surface area contributed by atoms with Crippen LogP contribution in [0.2, 0.25) is 0 Å². The highest BCUT2D eigenvalue weighted by molar-refractivity contribution is 6.51. The van der Waals surface area contributed by atoms with Crippen LogP contribution in [0.15, 0.2) is 72.3 Å². The van der Waals surface area contributed by atoms with Gasteiger partial charge in [-0.25, -0.2) is 8.78 Å². The number of anilines is 1. The van der Waals surface area contributed by atoms with E-state index in [1.54, 1.807) is 0 Å². The Morgan fingerprint density at radius 2 is 1.70 bits per heavy atom. The Hall–Kier alpha value is -4.60. The smallest absolute Gasteiger partial charge is 0.300 e. The molecule has 3 aromatic rings. The molecule has 0 aliphatic carbocycles. The van der Waals surface area contributed by atoms with Crippen molar-refractivity contribution in [1.82, 2.24) is 0 Å². The molecule has 1 aliphatic heterocycles. The third kappa shape index (κ3) is 3.78. The van der Waals surface area contributed by atoms with Crippen LogP contribution in [0.4, 0.5) is 20.2 Å². The number of Topliss-reactive ketones (excluding diaryl/α,β-unsaturated/α-hetero) is 1. The van der Waals surface area contributed by atoms with Gasteiger partial charge in [-0.3, -0.25) is 24.6 Å². The van der Waals surface area contributed by atoms with Gasteiger partial charge < -0.3 is 10.2 Å². The Balaban J connectivity index is 1.97. The summed E-state index contributed by atoms with van der Waals surface area (Å²) < 4.78 is 28.1. The third-order valence-electron chi connectivity index (χ3n) is 5.15. The maximum absolute atomic E-state index is 14.6. The summed E-state index contributed by atoms with van der Waals surface area (Å²) in [5.41, 5.74) is -1.10. The molecule has 0 bridgehead atoms. The van der Waals surface area contributed by atoms with Crippen LogP contribution in [0.1, 0.15) is 17.2 Å². The maximum atomic E-state index is 14.6. The molecule has 1 fully saturated rings. The summed E-state index contributed by atoms with van der Waals surface area (Å²) in [6, 6.07) is 11.1. The molecule has 0 aromatic heterocycles.